The fourth-order valence-electron chi connectivity index (χ4n) is 3.19. The van der Waals surface area contributed by atoms with Crippen LogP contribution in [-0.2, 0) is 16.1 Å². The Hall–Kier alpha value is -2.89. The van der Waals surface area contributed by atoms with Gasteiger partial charge in [0.15, 0.2) is 0 Å². The van der Waals surface area contributed by atoms with Crippen molar-refractivity contribution in [3.63, 3.8) is 0 Å². The van der Waals surface area contributed by atoms with Crippen molar-refractivity contribution in [2.45, 2.75) is 23.8 Å². The monoisotopic (exact) mass is 453 g/mol. The van der Waals surface area contributed by atoms with Crippen LogP contribution in [0.25, 0.3) is 0 Å². The lowest BCUT2D eigenvalue weighted by atomic mass is 9.87. The van der Waals surface area contributed by atoms with E-state index in [-0.39, 0.29) is 29.9 Å². The van der Waals surface area contributed by atoms with Crippen molar-refractivity contribution in [2.75, 3.05) is 19.1 Å². The average molecular weight is 454 g/mol. The molecule has 2 aromatic rings. The number of allylic oxidation sites excluding steroid dienone is 1. The van der Waals surface area contributed by atoms with Gasteiger partial charge in [-0.05, 0) is 41.6 Å². The summed E-state index contributed by atoms with van der Waals surface area (Å²) < 4.78 is 5.12. The Morgan fingerprint density at radius 1 is 1.23 bits per heavy atom. The Labute approximate surface area is 190 Å². The number of amides is 2. The summed E-state index contributed by atoms with van der Waals surface area (Å²) >= 11 is 2.81. The van der Waals surface area contributed by atoms with Crippen LogP contribution in [0.3, 0.4) is 0 Å². The zero-order valence-electron chi connectivity index (χ0n) is 17.3. The van der Waals surface area contributed by atoms with Crippen molar-refractivity contribution < 1.29 is 14.3 Å². The summed E-state index contributed by atoms with van der Waals surface area (Å²) in [4.78, 5) is 25.7. The molecular formula is C23H23N3O3S2. The lowest BCUT2D eigenvalue weighted by Gasteiger charge is -2.25. The molecule has 0 unspecified atom stereocenters. The number of ether oxygens (including phenoxy) is 1. The van der Waals surface area contributed by atoms with Crippen LogP contribution in [0.4, 0.5) is 0 Å². The van der Waals surface area contributed by atoms with E-state index in [1.165, 1.54) is 11.8 Å². The first kappa shape index (κ1) is 22.8. The van der Waals surface area contributed by atoms with E-state index in [1.54, 1.807) is 18.9 Å². The second-order valence-corrected chi connectivity index (χ2v) is 8.71. The van der Waals surface area contributed by atoms with E-state index in [9.17, 15) is 14.9 Å². The number of nitrogens with one attached hydrogen (secondary N) is 2. The van der Waals surface area contributed by atoms with Crippen LogP contribution in [0.5, 0.6) is 5.75 Å². The van der Waals surface area contributed by atoms with Gasteiger partial charge in [0.05, 0.1) is 29.5 Å². The van der Waals surface area contributed by atoms with Gasteiger partial charge in [0.2, 0.25) is 11.8 Å². The van der Waals surface area contributed by atoms with Gasteiger partial charge in [-0.2, -0.15) is 5.26 Å². The maximum absolute atomic E-state index is 12.3. The quantitative estimate of drug-likeness (QED) is 0.591. The molecule has 8 heteroatoms. The summed E-state index contributed by atoms with van der Waals surface area (Å²) in [6.07, 6.45) is 2.22. The Bertz CT molecular complexity index is 1010. The molecule has 2 N–H and O–H groups in total. The molecule has 0 bridgehead atoms. The normalized spacial score (nSPS) is 15.8. The maximum atomic E-state index is 12.3. The van der Waals surface area contributed by atoms with Gasteiger partial charge in [0.25, 0.3) is 0 Å². The van der Waals surface area contributed by atoms with Crippen molar-refractivity contribution in [3.8, 4) is 11.8 Å². The van der Waals surface area contributed by atoms with Gasteiger partial charge >= 0.3 is 0 Å². The first-order valence-electron chi connectivity index (χ1n) is 9.64. The molecule has 0 radical (unpaired) electrons. The van der Waals surface area contributed by atoms with Crippen LogP contribution in [0.15, 0.2) is 64.0 Å². The molecule has 0 spiro atoms. The summed E-state index contributed by atoms with van der Waals surface area (Å²) in [6, 6.07) is 17.6. The maximum Gasteiger partial charge on any atom is 0.230 e. The van der Waals surface area contributed by atoms with Gasteiger partial charge in [-0.15, -0.1) is 11.8 Å². The smallest absolute Gasteiger partial charge is 0.230 e. The van der Waals surface area contributed by atoms with Crippen LogP contribution in [0.2, 0.25) is 0 Å². The summed E-state index contributed by atoms with van der Waals surface area (Å²) in [5.41, 5.74) is 2.37. The number of carbonyl (C=O) groups excluding carboxylic acids is 2. The summed E-state index contributed by atoms with van der Waals surface area (Å²) in [7, 11) is 1.60. The Morgan fingerprint density at radius 2 is 1.94 bits per heavy atom. The summed E-state index contributed by atoms with van der Waals surface area (Å²) in [5, 5.41) is 15.8. The van der Waals surface area contributed by atoms with E-state index < -0.39 is 0 Å². The van der Waals surface area contributed by atoms with Crippen LogP contribution >= 0.6 is 23.5 Å². The third-order valence-corrected chi connectivity index (χ3v) is 6.63. The number of carbonyl (C=O) groups is 2. The zero-order valence-corrected chi connectivity index (χ0v) is 18.9. The molecule has 3 rings (SSSR count). The summed E-state index contributed by atoms with van der Waals surface area (Å²) in [5.74, 6) is 0.229. The van der Waals surface area contributed by atoms with E-state index in [1.807, 2.05) is 54.8 Å². The predicted molar refractivity (Wildman–Crippen MR) is 124 cm³/mol. The number of hydrogen-bond donors (Lipinski definition) is 2. The van der Waals surface area contributed by atoms with Gasteiger partial charge in [-0.25, -0.2) is 0 Å². The lowest BCUT2D eigenvalue weighted by molar-refractivity contribution is -0.121. The Balaban J connectivity index is 1.64. The fraction of sp³-hybridized carbons (Fsp3) is 0.261. The molecule has 160 valence electrons. The van der Waals surface area contributed by atoms with E-state index in [0.29, 0.717) is 17.1 Å². The number of hydrogen-bond acceptors (Lipinski definition) is 6. The molecule has 1 atom stereocenters. The molecule has 1 aliphatic rings. The molecule has 1 heterocycles. The van der Waals surface area contributed by atoms with Gasteiger partial charge in [0, 0.05) is 23.8 Å². The minimum atomic E-state index is -0.306. The van der Waals surface area contributed by atoms with Crippen molar-refractivity contribution in [1.29, 1.82) is 5.26 Å². The highest BCUT2D eigenvalue weighted by Crippen LogP contribution is 2.36. The van der Waals surface area contributed by atoms with Crippen molar-refractivity contribution >= 4 is 35.3 Å². The predicted octanol–water partition coefficient (Wildman–Crippen LogP) is 3.81. The first-order chi connectivity index (χ1) is 15.0. The molecule has 0 aliphatic carbocycles. The van der Waals surface area contributed by atoms with Crippen molar-refractivity contribution in [3.05, 3.63) is 70.3 Å². The van der Waals surface area contributed by atoms with Crippen molar-refractivity contribution in [2.24, 2.45) is 0 Å². The average Bonchev–Trinajstić information content (AvgIpc) is 2.81. The molecule has 2 aromatic carbocycles. The minimum Gasteiger partial charge on any atom is -0.497 e. The molecule has 0 fully saturated rings. The second kappa shape index (κ2) is 10.9. The van der Waals surface area contributed by atoms with Crippen LogP contribution in [0, 0.1) is 11.3 Å². The molecule has 2 amide bonds. The molecular weight excluding hydrogens is 430 g/mol. The third kappa shape index (κ3) is 6.06. The minimum absolute atomic E-state index is 0.106. The molecule has 31 heavy (non-hydrogen) atoms. The topological polar surface area (TPSA) is 91.2 Å². The van der Waals surface area contributed by atoms with Gasteiger partial charge in [-0.1, -0.05) is 36.0 Å². The molecule has 0 saturated heterocycles. The molecule has 0 aromatic heterocycles. The highest BCUT2D eigenvalue weighted by molar-refractivity contribution is 8.03. The number of methoxy groups -OCH3 is 1. The Kier molecular flexibility index (Phi) is 8.04. The zero-order chi connectivity index (χ0) is 22.2. The van der Waals surface area contributed by atoms with Crippen molar-refractivity contribution in [1.82, 2.24) is 10.6 Å². The van der Waals surface area contributed by atoms with Crippen LogP contribution in [-0.4, -0.2) is 30.9 Å². The van der Waals surface area contributed by atoms with E-state index in [4.69, 9.17) is 4.74 Å². The SMILES string of the molecule is COc1ccc(CNC(=O)CSC2=C(C#N)[C@H](c3ccc(SC)cc3)CC(=O)N2)cc1. The van der Waals surface area contributed by atoms with Gasteiger partial charge in [-0.3, -0.25) is 9.59 Å². The highest BCUT2D eigenvalue weighted by atomic mass is 32.2. The van der Waals surface area contributed by atoms with E-state index in [2.05, 4.69) is 16.7 Å². The first-order valence-corrected chi connectivity index (χ1v) is 11.9. The van der Waals surface area contributed by atoms with Gasteiger partial charge in [0.1, 0.15) is 5.75 Å². The Morgan fingerprint density at radius 3 is 2.55 bits per heavy atom. The largest absolute Gasteiger partial charge is 0.497 e. The lowest BCUT2D eigenvalue weighted by Crippen LogP contribution is -2.32. The standard InChI is InChI=1S/C23H23N3O3S2/c1-29-17-7-3-15(4-8-17)13-25-22(28)14-31-23-20(12-24)19(11-21(27)26-23)16-5-9-18(30-2)10-6-16/h3-10,19H,11,13-14H2,1-2H3,(H,25,28)(H,26,27)/t19-/m0/s1. The van der Waals surface area contributed by atoms with Gasteiger partial charge < -0.3 is 15.4 Å². The van der Waals surface area contributed by atoms with E-state index >= 15 is 0 Å². The molecule has 0 saturated carbocycles. The number of nitrogens with zero attached hydrogens (tertiary/aromatic N) is 1. The number of thioether (sulfide) groups is 2. The third-order valence-electron chi connectivity index (χ3n) is 4.87. The summed E-state index contributed by atoms with van der Waals surface area (Å²) in [6.45, 7) is 0.393. The number of rotatable bonds is 8. The fourth-order valence-corrected chi connectivity index (χ4v) is 4.50. The van der Waals surface area contributed by atoms with Crippen LogP contribution < -0.4 is 15.4 Å². The highest BCUT2D eigenvalue weighted by Gasteiger charge is 2.29. The van der Waals surface area contributed by atoms with Crippen LogP contribution in [0.1, 0.15) is 23.5 Å². The molecule has 1 aliphatic heterocycles. The molecule has 6 nitrogen and oxygen atoms in total. The second-order valence-electron chi connectivity index (χ2n) is 6.85. The number of nitriles is 1. The van der Waals surface area contributed by atoms with E-state index in [0.717, 1.165) is 21.8 Å². The number of benzene rings is 2.